The summed E-state index contributed by atoms with van der Waals surface area (Å²) >= 11 is 0. The number of carbonyl (C=O) groups excluding carboxylic acids is 3. The molecule has 0 aromatic rings. The number of esters is 3. The van der Waals surface area contributed by atoms with Gasteiger partial charge in [-0.1, -0.05) is 188 Å². The summed E-state index contributed by atoms with van der Waals surface area (Å²) in [5.41, 5.74) is 0. The van der Waals surface area contributed by atoms with Crippen LogP contribution in [0.4, 0.5) is 0 Å². The van der Waals surface area contributed by atoms with E-state index in [0.717, 1.165) is 161 Å². The van der Waals surface area contributed by atoms with Gasteiger partial charge in [-0.2, -0.15) is 0 Å². The molecule has 0 heterocycles. The fraction of sp³-hybridized carbons (Fsp3) is 0.632. The Hall–Kier alpha value is -3.93. The molecule has 0 fully saturated rings. The predicted molar refractivity (Wildman–Crippen MR) is 270 cm³/mol. The van der Waals surface area contributed by atoms with E-state index < -0.39 is 6.10 Å². The Balaban J connectivity index is 4.45. The van der Waals surface area contributed by atoms with E-state index in [2.05, 4.69) is 130 Å². The summed E-state index contributed by atoms with van der Waals surface area (Å²) in [5, 5.41) is 0. The molecule has 63 heavy (non-hydrogen) atoms. The number of unbranched alkanes of at least 4 members (excludes halogenated alkanes) is 15. The van der Waals surface area contributed by atoms with Crippen LogP contribution in [0.15, 0.2) is 109 Å². The summed E-state index contributed by atoms with van der Waals surface area (Å²) in [7, 11) is 0. The van der Waals surface area contributed by atoms with Crippen molar-refractivity contribution >= 4 is 17.9 Å². The minimum absolute atomic E-state index is 0.102. The van der Waals surface area contributed by atoms with E-state index in [1.54, 1.807) is 0 Å². The maximum Gasteiger partial charge on any atom is 0.306 e. The molecule has 0 spiro atoms. The molecule has 0 aromatic heterocycles. The van der Waals surface area contributed by atoms with Crippen LogP contribution in [0.3, 0.4) is 0 Å². The van der Waals surface area contributed by atoms with Crippen molar-refractivity contribution in [1.29, 1.82) is 0 Å². The van der Waals surface area contributed by atoms with Crippen LogP contribution in [0.25, 0.3) is 0 Å². The highest BCUT2D eigenvalue weighted by Crippen LogP contribution is 2.13. The molecule has 0 saturated carbocycles. The molecule has 1 unspecified atom stereocenters. The maximum atomic E-state index is 12.8. The lowest BCUT2D eigenvalue weighted by molar-refractivity contribution is -0.167. The Kier molecular flexibility index (Phi) is 47.5. The topological polar surface area (TPSA) is 78.9 Å². The summed E-state index contributed by atoms with van der Waals surface area (Å²) in [6.45, 7) is 6.24. The first-order valence-corrected chi connectivity index (χ1v) is 25.4. The first-order valence-electron chi connectivity index (χ1n) is 25.4. The van der Waals surface area contributed by atoms with Gasteiger partial charge in [-0.05, 0) is 116 Å². The quantitative estimate of drug-likeness (QED) is 0.0263. The van der Waals surface area contributed by atoms with Crippen LogP contribution in [0.2, 0.25) is 0 Å². The van der Waals surface area contributed by atoms with E-state index in [4.69, 9.17) is 14.2 Å². The van der Waals surface area contributed by atoms with Gasteiger partial charge in [0.1, 0.15) is 13.2 Å². The average Bonchev–Trinajstić information content (AvgIpc) is 3.28. The van der Waals surface area contributed by atoms with E-state index >= 15 is 0 Å². The van der Waals surface area contributed by atoms with Gasteiger partial charge in [0.05, 0.1) is 0 Å². The molecule has 0 N–H and O–H groups in total. The second kappa shape index (κ2) is 50.7. The van der Waals surface area contributed by atoms with Crippen molar-refractivity contribution in [2.75, 3.05) is 13.2 Å². The number of hydrogen-bond donors (Lipinski definition) is 0. The number of allylic oxidation sites excluding steroid dienone is 18. The van der Waals surface area contributed by atoms with E-state index in [-0.39, 0.29) is 31.1 Å². The Morgan fingerprint density at radius 2 is 0.571 bits per heavy atom. The second-order valence-corrected chi connectivity index (χ2v) is 16.3. The van der Waals surface area contributed by atoms with Crippen LogP contribution in [0.1, 0.15) is 213 Å². The summed E-state index contributed by atoms with van der Waals surface area (Å²) in [5.74, 6) is -0.959. The Bertz CT molecular complexity index is 1330. The van der Waals surface area contributed by atoms with Gasteiger partial charge in [-0.25, -0.2) is 0 Å². The van der Waals surface area contributed by atoms with Crippen molar-refractivity contribution in [3.63, 3.8) is 0 Å². The van der Waals surface area contributed by atoms with Gasteiger partial charge >= 0.3 is 17.9 Å². The SMILES string of the molecule is CC/C=C\C/C=C\C/C=C\C/C=C\CCCCCCCCC(=O)OCC(COC(=O)CCCCCCC/C=C\C/C=C\CC)OC(=O)CCCCCC/C=C\C/C=C\C/C=C\CC. The largest absolute Gasteiger partial charge is 0.462 e. The van der Waals surface area contributed by atoms with Crippen LogP contribution < -0.4 is 0 Å². The molecule has 0 rings (SSSR count). The molecule has 0 bridgehead atoms. The Labute approximate surface area is 387 Å². The zero-order valence-corrected chi connectivity index (χ0v) is 40.5. The highest BCUT2D eigenvalue weighted by molar-refractivity contribution is 5.71. The van der Waals surface area contributed by atoms with Crippen molar-refractivity contribution < 1.29 is 28.6 Å². The van der Waals surface area contributed by atoms with Gasteiger partial charge in [0.25, 0.3) is 0 Å². The minimum Gasteiger partial charge on any atom is -0.462 e. The molecule has 0 aliphatic heterocycles. The molecule has 356 valence electrons. The van der Waals surface area contributed by atoms with Gasteiger partial charge in [-0.3, -0.25) is 14.4 Å². The molecule has 1 atom stereocenters. The molecule has 0 amide bonds. The van der Waals surface area contributed by atoms with Crippen LogP contribution in [0, 0.1) is 0 Å². The fourth-order valence-electron chi connectivity index (χ4n) is 6.54. The number of rotatable bonds is 44. The van der Waals surface area contributed by atoms with Crippen molar-refractivity contribution in [2.45, 2.75) is 219 Å². The lowest BCUT2D eigenvalue weighted by atomic mass is 10.1. The first kappa shape index (κ1) is 59.1. The van der Waals surface area contributed by atoms with Gasteiger partial charge in [-0.15, -0.1) is 0 Å². The minimum atomic E-state index is -0.803. The second-order valence-electron chi connectivity index (χ2n) is 16.3. The third kappa shape index (κ3) is 49.0. The summed E-state index contributed by atoms with van der Waals surface area (Å²) in [6, 6.07) is 0. The molecular formula is C57H92O6. The normalized spacial score (nSPS) is 13.0. The van der Waals surface area contributed by atoms with Crippen molar-refractivity contribution in [1.82, 2.24) is 0 Å². The summed E-state index contributed by atoms with van der Waals surface area (Å²) in [6.07, 6.45) is 67.9. The van der Waals surface area contributed by atoms with Crippen molar-refractivity contribution in [2.24, 2.45) is 0 Å². The number of ether oxygens (including phenoxy) is 3. The predicted octanol–water partition coefficient (Wildman–Crippen LogP) is 16.8. The van der Waals surface area contributed by atoms with Gasteiger partial charge in [0, 0.05) is 19.3 Å². The van der Waals surface area contributed by atoms with Gasteiger partial charge in [0.15, 0.2) is 6.10 Å². The highest BCUT2D eigenvalue weighted by atomic mass is 16.6. The van der Waals surface area contributed by atoms with E-state index in [1.807, 2.05) is 0 Å². The standard InChI is InChI=1S/C57H92O6/c1-4-7-10-13-16-19-22-25-27-28-29-30-31-33-35-38-41-44-47-50-56(59)62-53-54(52-61-55(58)49-46-43-40-37-34-24-21-18-15-12-9-6-3)63-57(60)51-48-45-42-39-36-32-26-23-20-17-14-11-8-5-2/h7-12,16-21,25-27,29-30,32,54H,4-6,13-15,22-24,28,31,33-53H2,1-3H3/b10-7-,11-8-,12-9-,19-16-,20-17-,21-18-,27-25-,30-29-,32-26-. The number of carbonyl (C=O) groups is 3. The molecule has 6 nitrogen and oxygen atoms in total. The summed E-state index contributed by atoms with van der Waals surface area (Å²) < 4.78 is 16.7. The monoisotopic (exact) mass is 873 g/mol. The van der Waals surface area contributed by atoms with E-state index in [9.17, 15) is 14.4 Å². The average molecular weight is 873 g/mol. The molecule has 0 aliphatic carbocycles. The van der Waals surface area contributed by atoms with Crippen LogP contribution >= 0.6 is 0 Å². The zero-order chi connectivity index (χ0) is 45.8. The Morgan fingerprint density at radius 1 is 0.317 bits per heavy atom. The maximum absolute atomic E-state index is 12.8. The van der Waals surface area contributed by atoms with Crippen LogP contribution in [0.5, 0.6) is 0 Å². The molecule has 6 heteroatoms. The lowest BCUT2D eigenvalue weighted by Crippen LogP contribution is -2.30. The zero-order valence-electron chi connectivity index (χ0n) is 40.5. The number of hydrogen-bond acceptors (Lipinski definition) is 6. The van der Waals surface area contributed by atoms with Gasteiger partial charge < -0.3 is 14.2 Å². The lowest BCUT2D eigenvalue weighted by Gasteiger charge is -2.18. The fourth-order valence-corrected chi connectivity index (χ4v) is 6.54. The van der Waals surface area contributed by atoms with Crippen molar-refractivity contribution in [3.05, 3.63) is 109 Å². The third-order valence-electron chi connectivity index (χ3n) is 10.3. The smallest absolute Gasteiger partial charge is 0.306 e. The Morgan fingerprint density at radius 3 is 0.889 bits per heavy atom. The van der Waals surface area contributed by atoms with Crippen LogP contribution in [-0.2, 0) is 28.6 Å². The molecule has 0 aliphatic rings. The van der Waals surface area contributed by atoms with Crippen LogP contribution in [-0.4, -0.2) is 37.2 Å². The third-order valence-corrected chi connectivity index (χ3v) is 10.3. The van der Waals surface area contributed by atoms with E-state index in [0.29, 0.717) is 19.3 Å². The summed E-state index contributed by atoms with van der Waals surface area (Å²) in [4.78, 5) is 37.9. The van der Waals surface area contributed by atoms with Gasteiger partial charge in [0.2, 0.25) is 0 Å². The van der Waals surface area contributed by atoms with Crippen molar-refractivity contribution in [3.8, 4) is 0 Å². The van der Waals surface area contributed by atoms with E-state index in [1.165, 1.54) is 12.8 Å². The molecular weight excluding hydrogens is 781 g/mol. The first-order chi connectivity index (χ1) is 31.0. The molecule has 0 aromatic carbocycles. The molecule has 0 radical (unpaired) electrons. The molecule has 0 saturated heterocycles. The highest BCUT2D eigenvalue weighted by Gasteiger charge is 2.19.